The van der Waals surface area contributed by atoms with Crippen LogP contribution in [0.1, 0.15) is 25.0 Å². The molecule has 0 amide bonds. The molecule has 164 valence electrons. The van der Waals surface area contributed by atoms with Crippen LogP contribution in [-0.2, 0) is 5.41 Å². The van der Waals surface area contributed by atoms with Crippen LogP contribution in [-0.4, -0.2) is 0 Å². The molecule has 7 aromatic rings. The van der Waals surface area contributed by atoms with E-state index in [1.165, 1.54) is 76.5 Å². The standard InChI is InChI=1S/C35H24/c1-35(2)30-19-16-25(20-29(30)27-10-4-8-21-9-5-11-31(35)33(21)27)26-17-14-24-13-12-22-6-3-7-23-15-18-28(26)34(24)32(22)23/h3-20H,1-2H3. The summed E-state index contributed by atoms with van der Waals surface area (Å²) in [6, 6.07) is 41.0. The minimum absolute atomic E-state index is 0.0373. The highest BCUT2D eigenvalue weighted by Crippen LogP contribution is 2.50. The molecule has 0 saturated carbocycles. The average molecular weight is 445 g/mol. The lowest BCUT2D eigenvalue weighted by Gasteiger charge is -2.35. The van der Waals surface area contributed by atoms with Crippen molar-refractivity contribution in [3.8, 4) is 22.3 Å². The van der Waals surface area contributed by atoms with E-state index in [1.54, 1.807) is 0 Å². The van der Waals surface area contributed by atoms with Crippen molar-refractivity contribution in [1.82, 2.24) is 0 Å². The summed E-state index contributed by atoms with van der Waals surface area (Å²) < 4.78 is 0. The Balaban J connectivity index is 1.45. The van der Waals surface area contributed by atoms with E-state index in [0.717, 1.165) is 0 Å². The van der Waals surface area contributed by atoms with Crippen LogP contribution in [0.15, 0.2) is 109 Å². The van der Waals surface area contributed by atoms with E-state index in [0.29, 0.717) is 0 Å². The first-order chi connectivity index (χ1) is 17.1. The molecule has 35 heavy (non-hydrogen) atoms. The monoisotopic (exact) mass is 444 g/mol. The molecule has 1 aliphatic rings. The minimum atomic E-state index is -0.0373. The molecule has 0 saturated heterocycles. The third kappa shape index (κ3) is 2.42. The van der Waals surface area contributed by atoms with Crippen LogP contribution in [0.4, 0.5) is 0 Å². The van der Waals surface area contributed by atoms with Gasteiger partial charge < -0.3 is 0 Å². The van der Waals surface area contributed by atoms with E-state index < -0.39 is 0 Å². The Hall–Kier alpha value is -4.16. The lowest BCUT2D eigenvalue weighted by molar-refractivity contribution is 0.645. The van der Waals surface area contributed by atoms with Crippen LogP contribution in [0.3, 0.4) is 0 Å². The molecule has 7 aromatic carbocycles. The summed E-state index contributed by atoms with van der Waals surface area (Å²) >= 11 is 0. The molecule has 0 heteroatoms. The Morgan fingerprint density at radius 3 is 1.86 bits per heavy atom. The third-order valence-corrected chi connectivity index (χ3v) is 8.40. The van der Waals surface area contributed by atoms with Gasteiger partial charge >= 0.3 is 0 Å². The summed E-state index contributed by atoms with van der Waals surface area (Å²) in [5, 5.41) is 10.8. The molecule has 8 rings (SSSR count). The van der Waals surface area contributed by atoms with Gasteiger partial charge in [-0.3, -0.25) is 0 Å². The van der Waals surface area contributed by atoms with Gasteiger partial charge in [-0.05, 0) is 82.5 Å². The smallest absolute Gasteiger partial charge is 0.0159 e. The van der Waals surface area contributed by atoms with Gasteiger partial charge in [-0.1, -0.05) is 117 Å². The van der Waals surface area contributed by atoms with Crippen molar-refractivity contribution in [2.45, 2.75) is 19.3 Å². The predicted molar refractivity (Wildman–Crippen MR) is 151 cm³/mol. The van der Waals surface area contributed by atoms with Crippen LogP contribution in [0, 0.1) is 0 Å². The van der Waals surface area contributed by atoms with Crippen LogP contribution < -0.4 is 0 Å². The Kier molecular flexibility index (Phi) is 3.56. The van der Waals surface area contributed by atoms with Crippen LogP contribution in [0.5, 0.6) is 0 Å². The molecule has 0 radical (unpaired) electrons. The summed E-state index contributed by atoms with van der Waals surface area (Å²) in [6.45, 7) is 4.73. The van der Waals surface area contributed by atoms with Gasteiger partial charge in [-0.15, -0.1) is 0 Å². The van der Waals surface area contributed by atoms with Crippen molar-refractivity contribution in [1.29, 1.82) is 0 Å². The molecule has 0 spiro atoms. The van der Waals surface area contributed by atoms with Crippen molar-refractivity contribution >= 4 is 43.1 Å². The van der Waals surface area contributed by atoms with Crippen LogP contribution >= 0.6 is 0 Å². The van der Waals surface area contributed by atoms with E-state index in [-0.39, 0.29) is 5.41 Å². The number of benzene rings is 7. The summed E-state index contributed by atoms with van der Waals surface area (Å²) in [5.41, 5.74) is 8.11. The molecule has 0 bridgehead atoms. The first-order valence-electron chi connectivity index (χ1n) is 12.5. The van der Waals surface area contributed by atoms with E-state index in [4.69, 9.17) is 0 Å². The quantitative estimate of drug-likeness (QED) is 0.221. The fourth-order valence-electron chi connectivity index (χ4n) is 6.70. The van der Waals surface area contributed by atoms with Crippen molar-refractivity contribution in [2.24, 2.45) is 0 Å². The Morgan fingerprint density at radius 2 is 1.06 bits per heavy atom. The van der Waals surface area contributed by atoms with Gasteiger partial charge in [-0.25, -0.2) is 0 Å². The lowest BCUT2D eigenvalue weighted by Crippen LogP contribution is -2.23. The van der Waals surface area contributed by atoms with Gasteiger partial charge in [0.25, 0.3) is 0 Å². The zero-order valence-electron chi connectivity index (χ0n) is 19.9. The summed E-state index contributed by atoms with van der Waals surface area (Å²) in [5.74, 6) is 0. The van der Waals surface area contributed by atoms with Crippen molar-refractivity contribution < 1.29 is 0 Å². The topological polar surface area (TPSA) is 0 Å². The largest absolute Gasteiger partial charge is 0.0613 e. The zero-order chi connectivity index (χ0) is 23.3. The van der Waals surface area contributed by atoms with E-state index in [2.05, 4.69) is 123 Å². The Labute approximate surface area is 204 Å². The van der Waals surface area contributed by atoms with Gasteiger partial charge in [0.05, 0.1) is 0 Å². The number of hydrogen-bond donors (Lipinski definition) is 0. The molecule has 0 N–H and O–H groups in total. The number of hydrogen-bond acceptors (Lipinski definition) is 0. The number of rotatable bonds is 1. The lowest BCUT2D eigenvalue weighted by atomic mass is 9.68. The first-order valence-corrected chi connectivity index (χ1v) is 12.5. The molecule has 0 atom stereocenters. The molecule has 0 aromatic heterocycles. The fraction of sp³-hybridized carbons (Fsp3) is 0.0857. The van der Waals surface area contributed by atoms with E-state index >= 15 is 0 Å². The highest BCUT2D eigenvalue weighted by atomic mass is 14.4. The molecule has 1 aliphatic carbocycles. The van der Waals surface area contributed by atoms with E-state index in [9.17, 15) is 0 Å². The van der Waals surface area contributed by atoms with Crippen molar-refractivity contribution in [2.75, 3.05) is 0 Å². The second kappa shape index (κ2) is 6.49. The highest BCUT2D eigenvalue weighted by molar-refractivity contribution is 6.25. The number of fused-ring (bicyclic) bond motifs is 2. The Morgan fingerprint density at radius 1 is 0.429 bits per heavy atom. The van der Waals surface area contributed by atoms with Crippen molar-refractivity contribution in [3.63, 3.8) is 0 Å². The second-order valence-electron chi connectivity index (χ2n) is 10.6. The first kappa shape index (κ1) is 19.2. The van der Waals surface area contributed by atoms with Crippen LogP contribution in [0.2, 0.25) is 0 Å². The van der Waals surface area contributed by atoms with Gasteiger partial charge in [-0.2, -0.15) is 0 Å². The van der Waals surface area contributed by atoms with Crippen LogP contribution in [0.25, 0.3) is 65.3 Å². The highest BCUT2D eigenvalue weighted by Gasteiger charge is 2.33. The second-order valence-corrected chi connectivity index (χ2v) is 10.6. The summed E-state index contributed by atoms with van der Waals surface area (Å²) in [4.78, 5) is 0. The SMILES string of the molecule is CC1(C)c2ccc(-c3ccc4ccc5cccc6ccc3c4c56)cc2-c2cccc3cccc1c23. The summed E-state index contributed by atoms with van der Waals surface area (Å²) in [6.07, 6.45) is 0. The molecular formula is C35H24. The normalized spacial score (nSPS) is 14.2. The van der Waals surface area contributed by atoms with E-state index in [1.807, 2.05) is 0 Å². The van der Waals surface area contributed by atoms with Gasteiger partial charge in [0.15, 0.2) is 0 Å². The molecule has 0 unspecified atom stereocenters. The average Bonchev–Trinajstić information content (AvgIpc) is 2.90. The van der Waals surface area contributed by atoms with Crippen molar-refractivity contribution in [3.05, 3.63) is 120 Å². The molecule has 0 heterocycles. The third-order valence-electron chi connectivity index (χ3n) is 8.40. The maximum atomic E-state index is 2.44. The molecule has 0 fully saturated rings. The molecular weight excluding hydrogens is 420 g/mol. The van der Waals surface area contributed by atoms with Gasteiger partial charge in [0, 0.05) is 5.41 Å². The molecule has 0 nitrogen and oxygen atoms in total. The Bertz CT molecular complexity index is 1950. The zero-order valence-corrected chi connectivity index (χ0v) is 19.9. The minimum Gasteiger partial charge on any atom is -0.0613 e. The fourth-order valence-corrected chi connectivity index (χ4v) is 6.70. The summed E-state index contributed by atoms with van der Waals surface area (Å²) in [7, 11) is 0. The molecule has 0 aliphatic heterocycles. The van der Waals surface area contributed by atoms with Gasteiger partial charge in [0.2, 0.25) is 0 Å². The van der Waals surface area contributed by atoms with Gasteiger partial charge in [0.1, 0.15) is 0 Å². The maximum absolute atomic E-state index is 2.44. The predicted octanol–water partition coefficient (Wildman–Crippen LogP) is 9.71. The maximum Gasteiger partial charge on any atom is 0.0159 e.